The number of carbonyl (C=O) groups excluding carboxylic acids is 1. The van der Waals surface area contributed by atoms with Crippen molar-refractivity contribution in [3.8, 4) is 5.75 Å². The van der Waals surface area contributed by atoms with Crippen LogP contribution in [-0.4, -0.2) is 21.5 Å². The van der Waals surface area contributed by atoms with E-state index in [1.54, 1.807) is 0 Å². The molecule has 5 nitrogen and oxygen atoms in total. The molecule has 134 valence electrons. The fourth-order valence-electron chi connectivity index (χ4n) is 2.05. The first-order valence-electron chi connectivity index (χ1n) is 6.88. The maximum absolute atomic E-state index is 12.9. The van der Waals surface area contributed by atoms with Gasteiger partial charge in [-0.3, -0.25) is 0 Å². The first kappa shape index (κ1) is 18.8. The molecule has 0 spiro atoms. The summed E-state index contributed by atoms with van der Waals surface area (Å²) in [6.07, 6.45) is -4.75. The van der Waals surface area contributed by atoms with Crippen molar-refractivity contribution >= 4 is 16.1 Å². The Hall–Kier alpha value is -2.55. The van der Waals surface area contributed by atoms with Gasteiger partial charge in [0, 0.05) is 0 Å². The number of benzene rings is 2. The molecule has 0 saturated heterocycles. The number of rotatable bonds is 5. The number of alkyl halides is 3. The molecule has 2 aromatic carbocycles. The van der Waals surface area contributed by atoms with Gasteiger partial charge < -0.3 is 8.92 Å². The standard InChI is InChI=1S/C16H13F3O5S/c1-23-15(20)12-6-4-5-11(9-12)10-25(21,22)24-14-8-3-2-7-13(14)16(17,18)19/h2-9H,10H2,1H3. The van der Waals surface area contributed by atoms with Crippen LogP contribution in [0.15, 0.2) is 48.5 Å². The first-order valence-corrected chi connectivity index (χ1v) is 8.46. The van der Waals surface area contributed by atoms with Gasteiger partial charge in [0.15, 0.2) is 5.75 Å². The monoisotopic (exact) mass is 374 g/mol. The molecule has 0 aromatic heterocycles. The first-order chi connectivity index (χ1) is 11.6. The van der Waals surface area contributed by atoms with Crippen molar-refractivity contribution in [2.45, 2.75) is 11.9 Å². The maximum atomic E-state index is 12.9. The SMILES string of the molecule is COC(=O)c1cccc(CS(=O)(=O)Oc2ccccc2C(F)(F)F)c1. The fraction of sp³-hybridized carbons (Fsp3) is 0.188. The number of hydrogen-bond donors (Lipinski definition) is 0. The lowest BCUT2D eigenvalue weighted by atomic mass is 10.1. The molecule has 0 aliphatic heterocycles. The van der Waals surface area contributed by atoms with E-state index >= 15 is 0 Å². The van der Waals surface area contributed by atoms with Crippen molar-refractivity contribution < 1.29 is 35.3 Å². The van der Waals surface area contributed by atoms with E-state index in [4.69, 9.17) is 0 Å². The predicted octanol–water partition coefficient (Wildman–Crippen LogP) is 3.40. The molecule has 9 heteroatoms. The topological polar surface area (TPSA) is 69.7 Å². The van der Waals surface area contributed by atoms with Crippen molar-refractivity contribution in [2.24, 2.45) is 0 Å². The van der Waals surface area contributed by atoms with Crippen molar-refractivity contribution in [3.05, 3.63) is 65.2 Å². The molecule has 0 fully saturated rings. The van der Waals surface area contributed by atoms with Crippen LogP contribution in [0.25, 0.3) is 0 Å². The number of hydrogen-bond acceptors (Lipinski definition) is 5. The molecule has 2 aromatic rings. The highest BCUT2D eigenvalue weighted by molar-refractivity contribution is 7.86. The third kappa shape index (κ3) is 4.96. The Morgan fingerprint density at radius 3 is 2.40 bits per heavy atom. The Balaban J connectivity index is 2.26. The molecule has 2 rings (SSSR count). The molecule has 25 heavy (non-hydrogen) atoms. The van der Waals surface area contributed by atoms with Gasteiger partial charge in [-0.15, -0.1) is 0 Å². The highest BCUT2D eigenvalue weighted by Crippen LogP contribution is 2.36. The highest BCUT2D eigenvalue weighted by Gasteiger charge is 2.35. The van der Waals surface area contributed by atoms with Gasteiger partial charge in [-0.25, -0.2) is 4.79 Å². The van der Waals surface area contributed by atoms with Gasteiger partial charge in [0.25, 0.3) is 0 Å². The van der Waals surface area contributed by atoms with Crippen LogP contribution in [0.1, 0.15) is 21.5 Å². The van der Waals surface area contributed by atoms with E-state index in [1.165, 1.54) is 37.4 Å². The molecule has 0 atom stereocenters. The Kier molecular flexibility index (Phi) is 5.36. The fourth-order valence-corrected chi connectivity index (χ4v) is 3.12. The molecular weight excluding hydrogens is 361 g/mol. The lowest BCUT2D eigenvalue weighted by molar-refractivity contribution is -0.138. The van der Waals surface area contributed by atoms with Gasteiger partial charge in [0.2, 0.25) is 0 Å². The molecule has 0 N–H and O–H groups in total. The van der Waals surface area contributed by atoms with E-state index in [0.717, 1.165) is 18.2 Å². The smallest absolute Gasteiger partial charge is 0.420 e. The molecular formula is C16H13F3O5S. The highest BCUT2D eigenvalue weighted by atomic mass is 32.2. The normalized spacial score (nSPS) is 11.8. The van der Waals surface area contributed by atoms with Crippen LogP contribution in [-0.2, 0) is 26.8 Å². The minimum absolute atomic E-state index is 0.117. The van der Waals surface area contributed by atoms with Crippen LogP contribution in [0, 0.1) is 0 Å². The summed E-state index contributed by atoms with van der Waals surface area (Å²) in [6, 6.07) is 9.53. The van der Waals surface area contributed by atoms with E-state index < -0.39 is 39.3 Å². The average Bonchev–Trinajstić information content (AvgIpc) is 2.53. The number of halogens is 3. The van der Waals surface area contributed by atoms with Crippen molar-refractivity contribution in [1.82, 2.24) is 0 Å². The lowest BCUT2D eigenvalue weighted by Crippen LogP contribution is -2.16. The summed E-state index contributed by atoms with van der Waals surface area (Å²) in [4.78, 5) is 11.4. The van der Waals surface area contributed by atoms with Crippen molar-refractivity contribution in [3.63, 3.8) is 0 Å². The molecule has 0 saturated carbocycles. The van der Waals surface area contributed by atoms with Crippen LogP contribution in [0.3, 0.4) is 0 Å². The third-order valence-corrected chi connectivity index (χ3v) is 4.22. The summed E-state index contributed by atoms with van der Waals surface area (Å²) in [5.41, 5.74) is -0.903. The van der Waals surface area contributed by atoms with Gasteiger partial charge in [0.05, 0.1) is 18.2 Å². The molecule has 0 amide bonds. The average molecular weight is 374 g/mol. The van der Waals surface area contributed by atoms with E-state index in [9.17, 15) is 26.4 Å². The van der Waals surface area contributed by atoms with Crippen LogP contribution in [0.5, 0.6) is 5.75 Å². The second kappa shape index (κ2) is 7.14. The van der Waals surface area contributed by atoms with E-state index in [0.29, 0.717) is 0 Å². The molecule has 0 aliphatic carbocycles. The molecule has 0 bridgehead atoms. The summed E-state index contributed by atoms with van der Waals surface area (Å²) in [6.45, 7) is 0. The van der Waals surface area contributed by atoms with Gasteiger partial charge in [-0.2, -0.15) is 21.6 Å². The van der Waals surface area contributed by atoms with E-state index in [1.807, 2.05) is 0 Å². The summed E-state index contributed by atoms with van der Waals surface area (Å²) in [5.74, 6) is -2.17. The Bertz CT molecular complexity index is 875. The molecule has 0 heterocycles. The minimum atomic E-state index is -4.75. The number of carbonyl (C=O) groups is 1. The van der Waals surface area contributed by atoms with Gasteiger partial charge >= 0.3 is 22.3 Å². The Morgan fingerprint density at radius 2 is 1.76 bits per heavy atom. The van der Waals surface area contributed by atoms with Gasteiger partial charge in [-0.1, -0.05) is 24.3 Å². The summed E-state index contributed by atoms with van der Waals surface area (Å²) < 4.78 is 72.1. The van der Waals surface area contributed by atoms with Crippen LogP contribution in [0.4, 0.5) is 13.2 Å². The summed E-state index contributed by atoms with van der Waals surface area (Å²) in [7, 11) is -3.20. The Morgan fingerprint density at radius 1 is 1.08 bits per heavy atom. The molecule has 0 aliphatic rings. The third-order valence-electron chi connectivity index (χ3n) is 3.10. The summed E-state index contributed by atoms with van der Waals surface area (Å²) in [5, 5.41) is 0. The van der Waals surface area contributed by atoms with Crippen LogP contribution in [0.2, 0.25) is 0 Å². The quantitative estimate of drug-likeness (QED) is 0.593. The second-order valence-electron chi connectivity index (χ2n) is 4.97. The maximum Gasteiger partial charge on any atom is 0.420 e. The second-order valence-corrected chi connectivity index (χ2v) is 6.54. The largest absolute Gasteiger partial charge is 0.465 e. The van der Waals surface area contributed by atoms with Crippen molar-refractivity contribution in [1.29, 1.82) is 0 Å². The Labute approximate surface area is 142 Å². The zero-order valence-electron chi connectivity index (χ0n) is 12.9. The van der Waals surface area contributed by atoms with Crippen molar-refractivity contribution in [2.75, 3.05) is 7.11 Å². The van der Waals surface area contributed by atoms with Crippen LogP contribution < -0.4 is 4.18 Å². The summed E-state index contributed by atoms with van der Waals surface area (Å²) >= 11 is 0. The number of methoxy groups -OCH3 is 1. The lowest BCUT2D eigenvalue weighted by Gasteiger charge is -2.13. The van der Waals surface area contributed by atoms with Crippen LogP contribution >= 0.6 is 0 Å². The predicted molar refractivity (Wildman–Crippen MR) is 82.5 cm³/mol. The zero-order chi connectivity index (χ0) is 18.7. The molecule has 0 radical (unpaired) electrons. The van der Waals surface area contributed by atoms with Gasteiger partial charge in [-0.05, 0) is 29.8 Å². The number of esters is 1. The number of ether oxygens (including phenoxy) is 1. The number of para-hydroxylation sites is 1. The zero-order valence-corrected chi connectivity index (χ0v) is 13.7. The van der Waals surface area contributed by atoms with E-state index in [2.05, 4.69) is 8.92 Å². The minimum Gasteiger partial charge on any atom is -0.465 e. The van der Waals surface area contributed by atoms with Gasteiger partial charge in [0.1, 0.15) is 5.75 Å². The molecule has 0 unspecified atom stereocenters. The van der Waals surface area contributed by atoms with E-state index in [-0.39, 0.29) is 11.1 Å².